The fourth-order valence-corrected chi connectivity index (χ4v) is 7.38. The maximum absolute atomic E-state index is 14.4. The van der Waals surface area contributed by atoms with Crippen LogP contribution in [0.4, 0.5) is 18.9 Å². The molecule has 0 spiro atoms. The number of sulfonamides is 1. The third-order valence-corrected chi connectivity index (χ3v) is 10.3. The van der Waals surface area contributed by atoms with Gasteiger partial charge in [-0.05, 0) is 54.8 Å². The summed E-state index contributed by atoms with van der Waals surface area (Å²) in [5, 5.41) is 0.275. The SMILES string of the molecule is C/C(=C\c1ccc2c(c1)N(S(=O)(=O)c1cccc(C(C)(F)F)c1)CCC2(I)I)c1c(F)cccc1Cl. The van der Waals surface area contributed by atoms with Crippen molar-refractivity contribution < 1.29 is 21.6 Å². The molecule has 0 unspecified atom stereocenters. The Bertz CT molecular complexity index is 1450. The number of alkyl halides is 4. The van der Waals surface area contributed by atoms with Gasteiger partial charge in [0.25, 0.3) is 15.9 Å². The Morgan fingerprint density at radius 1 is 1.11 bits per heavy atom. The maximum Gasteiger partial charge on any atom is 0.270 e. The minimum absolute atomic E-state index is 0.180. The number of nitrogens with zero attached hydrogens (tertiary/aromatic N) is 1. The van der Waals surface area contributed by atoms with E-state index in [4.69, 9.17) is 11.6 Å². The molecule has 3 nitrogen and oxygen atoms in total. The van der Waals surface area contributed by atoms with E-state index in [1.165, 1.54) is 34.6 Å². The molecule has 1 aliphatic rings. The van der Waals surface area contributed by atoms with E-state index in [0.29, 0.717) is 23.2 Å². The molecule has 0 atom stereocenters. The van der Waals surface area contributed by atoms with Crippen LogP contribution in [0.1, 0.15) is 42.5 Å². The van der Waals surface area contributed by atoms with Crippen LogP contribution < -0.4 is 4.31 Å². The van der Waals surface area contributed by atoms with E-state index in [1.54, 1.807) is 25.1 Å². The lowest BCUT2D eigenvalue weighted by Gasteiger charge is -2.37. The van der Waals surface area contributed by atoms with Crippen molar-refractivity contribution in [2.45, 2.75) is 32.5 Å². The summed E-state index contributed by atoms with van der Waals surface area (Å²) in [5.74, 6) is -3.63. The molecule has 0 radical (unpaired) electrons. The third-order valence-electron chi connectivity index (χ3n) is 5.98. The predicted molar refractivity (Wildman–Crippen MR) is 156 cm³/mol. The summed E-state index contributed by atoms with van der Waals surface area (Å²) >= 11 is 10.8. The second kappa shape index (κ2) is 10.1. The predicted octanol–water partition coefficient (Wildman–Crippen LogP) is 8.77. The number of fused-ring (bicyclic) bond motifs is 1. The van der Waals surface area contributed by atoms with Crippen LogP contribution in [0.15, 0.2) is 65.6 Å². The fraction of sp³-hybridized carbons (Fsp3) is 0.231. The zero-order valence-corrected chi connectivity index (χ0v) is 25.1. The molecule has 3 aromatic rings. The number of rotatable bonds is 5. The van der Waals surface area contributed by atoms with Gasteiger partial charge in [-0.1, -0.05) is 93.2 Å². The molecule has 0 bridgehead atoms. The average Bonchev–Trinajstić information content (AvgIpc) is 2.78. The summed E-state index contributed by atoms with van der Waals surface area (Å²) in [6.45, 7) is 2.65. The van der Waals surface area contributed by atoms with Gasteiger partial charge < -0.3 is 0 Å². The second-order valence-electron chi connectivity index (χ2n) is 8.65. The van der Waals surface area contributed by atoms with Crippen molar-refractivity contribution in [1.82, 2.24) is 0 Å². The summed E-state index contributed by atoms with van der Waals surface area (Å²) in [4.78, 5) is -0.197. The van der Waals surface area contributed by atoms with Gasteiger partial charge in [0.2, 0.25) is 0 Å². The number of benzene rings is 3. The molecule has 0 aliphatic carbocycles. The quantitative estimate of drug-likeness (QED) is 0.148. The number of hydrogen-bond donors (Lipinski definition) is 0. The third kappa shape index (κ3) is 5.44. The molecule has 0 aromatic heterocycles. The smallest absolute Gasteiger partial charge is 0.266 e. The summed E-state index contributed by atoms with van der Waals surface area (Å²) in [6.07, 6.45) is 2.27. The number of allylic oxidation sites excluding steroid dienone is 1. The number of halogens is 6. The first-order valence-corrected chi connectivity index (χ1v) is 14.9. The molecule has 0 saturated heterocycles. The van der Waals surface area contributed by atoms with Gasteiger partial charge >= 0.3 is 0 Å². The molecule has 1 heterocycles. The zero-order valence-electron chi connectivity index (χ0n) is 19.2. The monoisotopic (exact) mass is 757 g/mol. The highest BCUT2D eigenvalue weighted by atomic mass is 127. The summed E-state index contributed by atoms with van der Waals surface area (Å²) in [7, 11) is -4.13. The lowest BCUT2D eigenvalue weighted by molar-refractivity contribution is 0.0172. The molecule has 0 amide bonds. The first-order valence-electron chi connectivity index (χ1n) is 10.9. The first kappa shape index (κ1) is 27.7. The molecular formula is C26H21ClF3I2NO2S. The Hall–Kier alpha value is -1.31. The lowest BCUT2D eigenvalue weighted by atomic mass is 9.98. The van der Waals surface area contributed by atoms with E-state index in [2.05, 4.69) is 45.2 Å². The molecule has 190 valence electrons. The van der Waals surface area contributed by atoms with Crippen molar-refractivity contribution in [2.75, 3.05) is 10.8 Å². The second-order valence-corrected chi connectivity index (χ2v) is 16.7. The van der Waals surface area contributed by atoms with E-state index in [0.717, 1.165) is 18.6 Å². The van der Waals surface area contributed by atoms with Gasteiger partial charge in [0, 0.05) is 30.2 Å². The van der Waals surface area contributed by atoms with E-state index < -0.39 is 21.8 Å². The summed E-state index contributed by atoms with van der Waals surface area (Å²) < 4.78 is 70.5. The maximum atomic E-state index is 14.4. The lowest BCUT2D eigenvalue weighted by Crippen LogP contribution is -2.39. The van der Waals surface area contributed by atoms with Gasteiger partial charge in [-0.3, -0.25) is 4.31 Å². The van der Waals surface area contributed by atoms with Gasteiger partial charge in [-0.2, -0.15) is 0 Å². The van der Waals surface area contributed by atoms with Gasteiger partial charge in [0.05, 0.1) is 15.6 Å². The molecule has 3 aromatic carbocycles. The van der Waals surface area contributed by atoms with Crippen LogP contribution in [-0.2, 0) is 17.4 Å². The van der Waals surface area contributed by atoms with Crippen molar-refractivity contribution in [3.05, 3.63) is 93.8 Å². The van der Waals surface area contributed by atoms with Gasteiger partial charge in [0.1, 0.15) is 7.25 Å². The van der Waals surface area contributed by atoms with Crippen LogP contribution in [0, 0.1) is 5.82 Å². The van der Waals surface area contributed by atoms with Crippen LogP contribution in [0.3, 0.4) is 0 Å². The number of hydrogen-bond acceptors (Lipinski definition) is 2. The topological polar surface area (TPSA) is 37.4 Å². The molecule has 1 aliphatic heterocycles. The Balaban J connectivity index is 1.83. The standard InChI is InChI=1S/C26H21ClF3I2NO2S/c1-16(24-21(27)7-4-8-22(24)28)13-17-9-10-20-23(14-17)33(12-11-26(20,31)32)36(34,35)19-6-3-5-18(15-19)25(2,29)30/h3-10,13-15H,11-12H2,1-2H3/b16-13+. The average molecular weight is 758 g/mol. The molecule has 0 saturated carbocycles. The molecule has 0 N–H and O–H groups in total. The Morgan fingerprint density at radius 3 is 2.47 bits per heavy atom. The van der Waals surface area contributed by atoms with Crippen LogP contribution in [0.2, 0.25) is 5.02 Å². The first-order chi connectivity index (χ1) is 16.7. The minimum atomic E-state index is -4.13. The molecule has 4 rings (SSSR count). The van der Waals surface area contributed by atoms with E-state index in [-0.39, 0.29) is 29.0 Å². The van der Waals surface area contributed by atoms with E-state index in [1.807, 2.05) is 12.1 Å². The van der Waals surface area contributed by atoms with Gasteiger partial charge in [-0.25, -0.2) is 21.6 Å². The molecule has 10 heteroatoms. The van der Waals surface area contributed by atoms with Crippen LogP contribution in [0.25, 0.3) is 11.6 Å². The largest absolute Gasteiger partial charge is 0.270 e. The highest BCUT2D eigenvalue weighted by Crippen LogP contribution is 2.51. The van der Waals surface area contributed by atoms with Gasteiger partial charge in [-0.15, -0.1) is 0 Å². The zero-order chi connectivity index (χ0) is 26.5. The Labute approximate surface area is 241 Å². The summed E-state index contributed by atoms with van der Waals surface area (Å²) in [6, 6.07) is 14.8. The van der Waals surface area contributed by atoms with Gasteiger partial charge in [0.15, 0.2) is 0 Å². The van der Waals surface area contributed by atoms with Crippen LogP contribution in [0.5, 0.6) is 0 Å². The summed E-state index contributed by atoms with van der Waals surface area (Å²) in [5.41, 5.74) is 2.40. The van der Waals surface area contributed by atoms with Crippen molar-refractivity contribution >= 4 is 84.1 Å². The van der Waals surface area contributed by atoms with Crippen LogP contribution in [-0.4, -0.2) is 15.0 Å². The van der Waals surface area contributed by atoms with E-state index in [9.17, 15) is 21.6 Å². The van der Waals surface area contributed by atoms with Crippen molar-refractivity contribution in [3.63, 3.8) is 0 Å². The molecule has 36 heavy (non-hydrogen) atoms. The molecular weight excluding hydrogens is 737 g/mol. The molecule has 0 fully saturated rings. The minimum Gasteiger partial charge on any atom is -0.266 e. The Kier molecular flexibility index (Phi) is 7.78. The normalized spacial score (nSPS) is 16.1. The van der Waals surface area contributed by atoms with Crippen molar-refractivity contribution in [1.29, 1.82) is 0 Å². The highest BCUT2D eigenvalue weighted by Gasteiger charge is 2.39. The fourth-order valence-electron chi connectivity index (χ4n) is 4.15. The Morgan fingerprint density at radius 2 is 1.81 bits per heavy atom. The number of anilines is 1. The van der Waals surface area contributed by atoms with Crippen molar-refractivity contribution in [2.24, 2.45) is 0 Å². The highest BCUT2D eigenvalue weighted by molar-refractivity contribution is 14.2. The van der Waals surface area contributed by atoms with E-state index >= 15 is 0 Å². The van der Waals surface area contributed by atoms with Crippen molar-refractivity contribution in [3.8, 4) is 0 Å². The van der Waals surface area contributed by atoms with Crippen LogP contribution >= 0.6 is 56.8 Å².